The highest BCUT2D eigenvalue weighted by molar-refractivity contribution is 5.90. The molecule has 1 fully saturated rings. The van der Waals surface area contributed by atoms with Crippen molar-refractivity contribution in [3.8, 4) is 11.5 Å². The number of fused-ring (bicyclic) bond motifs is 1. The average Bonchev–Trinajstić information content (AvgIpc) is 2.87. The van der Waals surface area contributed by atoms with Crippen molar-refractivity contribution in [2.75, 3.05) is 32.6 Å². The van der Waals surface area contributed by atoms with Gasteiger partial charge in [0.15, 0.2) is 11.5 Å². The summed E-state index contributed by atoms with van der Waals surface area (Å²) in [6, 6.07) is 11.2. The normalized spacial score (nSPS) is 15.2. The SMILES string of the molecule is COc1cc2ncnc(C(NC(=O)Nc3ccc(C(C)C)cc3)C3CCNCC3)c2cc1OC. The maximum absolute atomic E-state index is 13.1. The number of nitrogens with zero attached hydrogens (tertiary/aromatic N) is 2. The first kappa shape index (κ1) is 23.8. The number of carbonyl (C=O) groups excluding carboxylic acids is 1. The molecule has 2 amide bonds. The highest BCUT2D eigenvalue weighted by atomic mass is 16.5. The molecule has 2 aromatic carbocycles. The smallest absolute Gasteiger partial charge is 0.319 e. The molecule has 0 aliphatic carbocycles. The Balaban J connectivity index is 1.65. The summed E-state index contributed by atoms with van der Waals surface area (Å²) in [7, 11) is 3.21. The van der Waals surface area contributed by atoms with Crippen LogP contribution in [0.1, 0.15) is 49.9 Å². The largest absolute Gasteiger partial charge is 0.493 e. The van der Waals surface area contributed by atoms with E-state index in [4.69, 9.17) is 9.47 Å². The predicted molar refractivity (Wildman–Crippen MR) is 134 cm³/mol. The van der Waals surface area contributed by atoms with Crippen molar-refractivity contribution in [1.29, 1.82) is 0 Å². The molecule has 0 radical (unpaired) electrons. The highest BCUT2D eigenvalue weighted by Crippen LogP contribution is 2.36. The lowest BCUT2D eigenvalue weighted by Gasteiger charge is -2.31. The molecular weight excluding hydrogens is 430 g/mol. The Labute approximate surface area is 200 Å². The fourth-order valence-electron chi connectivity index (χ4n) is 4.50. The van der Waals surface area contributed by atoms with Crippen LogP contribution in [0.2, 0.25) is 0 Å². The second-order valence-corrected chi connectivity index (χ2v) is 8.92. The lowest BCUT2D eigenvalue weighted by Crippen LogP contribution is -2.41. The fraction of sp³-hybridized carbons (Fsp3) is 0.423. The van der Waals surface area contributed by atoms with E-state index in [0.29, 0.717) is 17.4 Å². The molecule has 1 aliphatic rings. The molecule has 1 aliphatic heterocycles. The third kappa shape index (κ3) is 5.22. The van der Waals surface area contributed by atoms with Crippen LogP contribution < -0.4 is 25.4 Å². The molecule has 1 saturated heterocycles. The van der Waals surface area contributed by atoms with Gasteiger partial charge in [0.05, 0.1) is 31.5 Å². The monoisotopic (exact) mass is 463 g/mol. The van der Waals surface area contributed by atoms with E-state index in [9.17, 15) is 4.79 Å². The van der Waals surface area contributed by atoms with Gasteiger partial charge in [-0.05, 0) is 61.5 Å². The number of carbonyl (C=O) groups is 1. The van der Waals surface area contributed by atoms with Gasteiger partial charge in [-0.3, -0.25) is 0 Å². The molecule has 1 atom stereocenters. The summed E-state index contributed by atoms with van der Waals surface area (Å²) in [5, 5.41) is 10.4. The molecule has 1 aromatic heterocycles. The van der Waals surface area contributed by atoms with Gasteiger partial charge >= 0.3 is 6.03 Å². The first-order valence-electron chi connectivity index (χ1n) is 11.7. The van der Waals surface area contributed by atoms with Crippen molar-refractivity contribution in [3.05, 3.63) is 54.0 Å². The van der Waals surface area contributed by atoms with Gasteiger partial charge in [0.1, 0.15) is 6.33 Å². The van der Waals surface area contributed by atoms with Crippen LogP contribution in [-0.4, -0.2) is 43.3 Å². The Morgan fingerprint density at radius 1 is 1.03 bits per heavy atom. The number of benzene rings is 2. The van der Waals surface area contributed by atoms with Gasteiger partial charge < -0.3 is 25.4 Å². The molecule has 34 heavy (non-hydrogen) atoms. The zero-order valence-electron chi connectivity index (χ0n) is 20.2. The quantitative estimate of drug-likeness (QED) is 0.473. The minimum absolute atomic E-state index is 0.238. The first-order chi connectivity index (χ1) is 16.5. The van der Waals surface area contributed by atoms with Crippen LogP contribution in [0.25, 0.3) is 10.9 Å². The number of hydrogen-bond acceptors (Lipinski definition) is 6. The average molecular weight is 464 g/mol. The summed E-state index contributed by atoms with van der Waals surface area (Å²) < 4.78 is 11.0. The van der Waals surface area contributed by atoms with E-state index < -0.39 is 0 Å². The van der Waals surface area contributed by atoms with Crippen molar-refractivity contribution >= 4 is 22.6 Å². The van der Waals surface area contributed by atoms with E-state index in [1.807, 2.05) is 36.4 Å². The van der Waals surface area contributed by atoms with Crippen LogP contribution in [0.4, 0.5) is 10.5 Å². The molecule has 3 aromatic rings. The third-order valence-corrected chi connectivity index (χ3v) is 6.44. The maximum atomic E-state index is 13.1. The number of hydrogen-bond donors (Lipinski definition) is 3. The summed E-state index contributed by atoms with van der Waals surface area (Å²) in [6.07, 6.45) is 3.42. The second-order valence-electron chi connectivity index (χ2n) is 8.92. The number of piperidine rings is 1. The van der Waals surface area contributed by atoms with Crippen molar-refractivity contribution in [2.24, 2.45) is 5.92 Å². The number of methoxy groups -OCH3 is 2. The number of aromatic nitrogens is 2. The van der Waals surface area contributed by atoms with E-state index in [2.05, 4.69) is 39.8 Å². The van der Waals surface area contributed by atoms with E-state index >= 15 is 0 Å². The lowest BCUT2D eigenvalue weighted by molar-refractivity contribution is 0.234. The van der Waals surface area contributed by atoms with Gasteiger partial charge in [0.25, 0.3) is 0 Å². The van der Waals surface area contributed by atoms with E-state index in [0.717, 1.165) is 48.2 Å². The van der Waals surface area contributed by atoms with Crippen LogP contribution in [0.15, 0.2) is 42.7 Å². The molecular formula is C26H33N5O3. The summed E-state index contributed by atoms with van der Waals surface area (Å²) in [5.74, 6) is 1.88. The summed E-state index contributed by atoms with van der Waals surface area (Å²) >= 11 is 0. The van der Waals surface area contributed by atoms with Crippen molar-refractivity contribution in [1.82, 2.24) is 20.6 Å². The summed E-state index contributed by atoms with van der Waals surface area (Å²) in [5.41, 5.74) is 3.51. The fourth-order valence-corrected chi connectivity index (χ4v) is 4.50. The van der Waals surface area contributed by atoms with Crippen LogP contribution in [0.5, 0.6) is 11.5 Å². The summed E-state index contributed by atoms with van der Waals surface area (Å²) in [4.78, 5) is 22.2. The van der Waals surface area contributed by atoms with Crippen LogP contribution >= 0.6 is 0 Å². The Morgan fingerprint density at radius 3 is 2.35 bits per heavy atom. The summed E-state index contributed by atoms with van der Waals surface area (Å²) in [6.45, 7) is 6.10. The minimum atomic E-state index is -0.277. The van der Waals surface area contributed by atoms with Crippen molar-refractivity contribution in [3.63, 3.8) is 0 Å². The third-order valence-electron chi connectivity index (χ3n) is 6.44. The molecule has 0 spiro atoms. The van der Waals surface area contributed by atoms with Crippen LogP contribution in [0, 0.1) is 5.92 Å². The van der Waals surface area contributed by atoms with Gasteiger partial charge in [-0.2, -0.15) is 0 Å². The van der Waals surface area contributed by atoms with Crippen molar-refractivity contribution in [2.45, 2.75) is 38.6 Å². The molecule has 2 heterocycles. The van der Waals surface area contributed by atoms with Crippen molar-refractivity contribution < 1.29 is 14.3 Å². The Morgan fingerprint density at radius 2 is 1.71 bits per heavy atom. The maximum Gasteiger partial charge on any atom is 0.319 e. The van der Waals surface area contributed by atoms with Crippen LogP contribution in [0.3, 0.4) is 0 Å². The van der Waals surface area contributed by atoms with E-state index in [1.165, 1.54) is 5.56 Å². The van der Waals surface area contributed by atoms with E-state index in [1.54, 1.807) is 20.5 Å². The molecule has 8 nitrogen and oxygen atoms in total. The number of amides is 2. The Bertz CT molecular complexity index is 1130. The molecule has 1 unspecified atom stereocenters. The first-order valence-corrected chi connectivity index (χ1v) is 11.7. The molecule has 0 saturated carbocycles. The second kappa shape index (κ2) is 10.7. The van der Waals surface area contributed by atoms with Gasteiger partial charge in [0, 0.05) is 17.1 Å². The lowest BCUT2D eigenvalue weighted by atomic mass is 9.87. The number of rotatable bonds is 7. The highest BCUT2D eigenvalue weighted by Gasteiger charge is 2.29. The van der Waals surface area contributed by atoms with Gasteiger partial charge in [-0.1, -0.05) is 26.0 Å². The zero-order chi connectivity index (χ0) is 24.1. The number of anilines is 1. The predicted octanol–water partition coefficient (Wildman–Crippen LogP) is 4.63. The molecule has 8 heteroatoms. The molecule has 4 rings (SSSR count). The minimum Gasteiger partial charge on any atom is -0.493 e. The van der Waals surface area contributed by atoms with Gasteiger partial charge in [-0.25, -0.2) is 14.8 Å². The number of ether oxygens (including phenoxy) is 2. The molecule has 180 valence electrons. The molecule has 0 bridgehead atoms. The van der Waals surface area contributed by atoms with Gasteiger partial charge in [-0.15, -0.1) is 0 Å². The standard InChI is InChI=1S/C26H33N5O3/c1-16(2)17-5-7-19(8-6-17)30-26(32)31-24(18-9-11-27-12-10-18)25-20-13-22(33-3)23(34-4)14-21(20)28-15-29-25/h5-8,13-16,18,24,27H,9-12H2,1-4H3,(H2,30,31,32). The number of nitrogens with one attached hydrogen (secondary N) is 3. The van der Waals surface area contributed by atoms with Crippen LogP contribution in [-0.2, 0) is 0 Å². The van der Waals surface area contributed by atoms with Gasteiger partial charge in [0.2, 0.25) is 0 Å². The Hall–Kier alpha value is -3.39. The Kier molecular flexibility index (Phi) is 7.47. The number of urea groups is 1. The topological polar surface area (TPSA) is 97.4 Å². The zero-order valence-corrected chi connectivity index (χ0v) is 20.2. The molecule has 3 N–H and O–H groups in total. The van der Waals surface area contributed by atoms with E-state index in [-0.39, 0.29) is 18.0 Å².